The monoisotopic (exact) mass is 388 g/mol. The average molecular weight is 388 g/mol. The maximum Gasteiger partial charge on any atom is 0.316 e. The number of rotatable bonds is 1. The molecule has 4 bridgehead atoms. The van der Waals surface area contributed by atoms with E-state index in [0.717, 1.165) is 24.8 Å². The van der Waals surface area contributed by atoms with Crippen LogP contribution in [0.3, 0.4) is 0 Å². The minimum absolute atomic E-state index is 0.0387. The van der Waals surface area contributed by atoms with Gasteiger partial charge in [0.25, 0.3) is 0 Å². The number of carbonyl (C=O) groups excluding carboxylic acids is 2. The number of carbonyl (C=O) groups is 2. The summed E-state index contributed by atoms with van der Waals surface area (Å²) in [6, 6.07) is 0. The quantitative estimate of drug-likeness (QED) is 0.508. The fourth-order valence-corrected chi connectivity index (χ4v) is 8.25. The molecule has 6 nitrogen and oxygen atoms in total. The predicted octanol–water partition coefficient (Wildman–Crippen LogP) is 2.60. The first-order valence-electron chi connectivity index (χ1n) is 10.6. The van der Waals surface area contributed by atoms with Crippen molar-refractivity contribution < 1.29 is 28.5 Å². The molecule has 6 fully saturated rings. The van der Waals surface area contributed by atoms with E-state index in [1.807, 2.05) is 0 Å². The highest BCUT2D eigenvalue weighted by Crippen LogP contribution is 2.75. The fraction of sp³-hybridized carbons (Fsp3) is 0.818. The van der Waals surface area contributed by atoms with Gasteiger partial charge in [-0.25, -0.2) is 0 Å². The molecule has 3 aliphatic carbocycles. The molecule has 6 heteroatoms. The zero-order valence-electron chi connectivity index (χ0n) is 16.7. The lowest BCUT2D eigenvalue weighted by atomic mass is 9.42. The van der Waals surface area contributed by atoms with Crippen LogP contribution in [-0.4, -0.2) is 43.1 Å². The summed E-state index contributed by atoms with van der Waals surface area (Å²) in [5.74, 6) is -0.378. The van der Waals surface area contributed by atoms with Gasteiger partial charge in [0, 0.05) is 24.2 Å². The second kappa shape index (κ2) is 5.01. The number of fused-ring (bicyclic) bond motifs is 1. The van der Waals surface area contributed by atoms with Crippen LogP contribution in [0.4, 0.5) is 0 Å². The van der Waals surface area contributed by atoms with Crippen molar-refractivity contribution in [3.8, 4) is 0 Å². The molecule has 9 atom stereocenters. The second-order valence-electron chi connectivity index (χ2n) is 10.6. The maximum absolute atomic E-state index is 13.6. The third kappa shape index (κ3) is 1.71. The van der Waals surface area contributed by atoms with Gasteiger partial charge in [0.05, 0.1) is 12.7 Å². The van der Waals surface area contributed by atoms with E-state index in [2.05, 4.69) is 20.4 Å². The van der Waals surface area contributed by atoms with E-state index < -0.39 is 11.5 Å². The first-order valence-corrected chi connectivity index (χ1v) is 10.6. The average Bonchev–Trinajstić information content (AvgIpc) is 3.02. The Morgan fingerprint density at radius 3 is 2.82 bits per heavy atom. The third-order valence-corrected chi connectivity index (χ3v) is 9.00. The summed E-state index contributed by atoms with van der Waals surface area (Å²) in [6.45, 7) is 10.8. The summed E-state index contributed by atoms with van der Waals surface area (Å²) in [7, 11) is 0. The largest absolute Gasteiger partial charge is 0.461 e. The van der Waals surface area contributed by atoms with E-state index in [0.29, 0.717) is 13.0 Å². The maximum atomic E-state index is 13.6. The molecule has 0 aromatic rings. The van der Waals surface area contributed by atoms with Crippen molar-refractivity contribution >= 4 is 11.9 Å². The second-order valence-corrected chi connectivity index (χ2v) is 10.6. The van der Waals surface area contributed by atoms with Crippen molar-refractivity contribution in [1.29, 1.82) is 0 Å². The van der Waals surface area contributed by atoms with Gasteiger partial charge in [-0.3, -0.25) is 9.59 Å². The van der Waals surface area contributed by atoms with Gasteiger partial charge in [-0.05, 0) is 42.6 Å². The summed E-state index contributed by atoms with van der Waals surface area (Å²) in [5, 5.41) is 0. The van der Waals surface area contributed by atoms with Crippen LogP contribution in [0.15, 0.2) is 12.2 Å². The molecule has 0 aromatic carbocycles. The first-order chi connectivity index (χ1) is 13.2. The standard InChI is InChI=1S/C22H28O6/c1-10-12-7-13-15-21(8-12,17(10)26-11(2)23)19(24)28-14-5-6-20(3,4)16-18(27-13)25-9-22(14,15)16/h12-18H,1,5-9H2,2-4H3/t12-,13+,14+,15-,16-,17-,18+,21+,22+/m1/s1. The number of esters is 2. The highest BCUT2D eigenvalue weighted by atomic mass is 16.7. The molecule has 6 aliphatic rings. The van der Waals surface area contributed by atoms with E-state index in [4.69, 9.17) is 18.9 Å². The lowest BCUT2D eigenvalue weighted by Gasteiger charge is -2.66. The van der Waals surface area contributed by atoms with Crippen LogP contribution >= 0.6 is 0 Å². The Hall–Kier alpha value is -1.40. The van der Waals surface area contributed by atoms with Crippen molar-refractivity contribution in [3.05, 3.63) is 12.2 Å². The highest BCUT2D eigenvalue weighted by molar-refractivity contribution is 5.83. The SMILES string of the molecule is C=C1[C@@H]2C[C@@H]3O[C@@H]4OC[C@@]56[C@H](CCC(C)(C)[C@@H]45)OC(=O)[C@](C2)([C@@H]1OC(C)=O)[C@@H]36. The van der Waals surface area contributed by atoms with Crippen molar-refractivity contribution in [3.63, 3.8) is 0 Å². The molecule has 28 heavy (non-hydrogen) atoms. The normalized spacial score (nSPS) is 54.8. The Bertz CT molecular complexity index is 803. The van der Waals surface area contributed by atoms with Gasteiger partial charge in [0.2, 0.25) is 0 Å². The summed E-state index contributed by atoms with van der Waals surface area (Å²) in [5.41, 5.74) is -0.269. The van der Waals surface area contributed by atoms with Crippen molar-refractivity contribution in [2.75, 3.05) is 6.61 Å². The Morgan fingerprint density at radius 2 is 2.07 bits per heavy atom. The van der Waals surface area contributed by atoms with Crippen LogP contribution in [0, 0.1) is 34.0 Å². The van der Waals surface area contributed by atoms with E-state index in [9.17, 15) is 9.59 Å². The Balaban J connectivity index is 1.58. The summed E-state index contributed by atoms with van der Waals surface area (Å²) < 4.78 is 24.8. The van der Waals surface area contributed by atoms with Crippen molar-refractivity contribution in [1.82, 2.24) is 0 Å². The van der Waals surface area contributed by atoms with Gasteiger partial charge < -0.3 is 18.9 Å². The van der Waals surface area contributed by atoms with Crippen LogP contribution in [-0.2, 0) is 28.5 Å². The lowest BCUT2D eigenvalue weighted by Crippen LogP contribution is -2.73. The van der Waals surface area contributed by atoms with Crippen LogP contribution < -0.4 is 0 Å². The number of ether oxygens (including phenoxy) is 4. The van der Waals surface area contributed by atoms with Gasteiger partial charge in [0.1, 0.15) is 17.6 Å². The molecule has 0 unspecified atom stereocenters. The van der Waals surface area contributed by atoms with E-state index in [1.165, 1.54) is 6.92 Å². The molecule has 3 heterocycles. The molecule has 2 spiro atoms. The lowest BCUT2D eigenvalue weighted by molar-refractivity contribution is -0.312. The number of hydrogen-bond acceptors (Lipinski definition) is 6. The molecule has 0 amide bonds. The van der Waals surface area contributed by atoms with Crippen LogP contribution in [0.25, 0.3) is 0 Å². The molecular weight excluding hydrogens is 360 g/mol. The first kappa shape index (κ1) is 17.5. The fourth-order valence-electron chi connectivity index (χ4n) is 8.25. The molecule has 0 aromatic heterocycles. The van der Waals surface area contributed by atoms with E-state index in [1.54, 1.807) is 0 Å². The van der Waals surface area contributed by atoms with Gasteiger partial charge in [-0.15, -0.1) is 0 Å². The minimum atomic E-state index is -0.892. The van der Waals surface area contributed by atoms with Crippen LogP contribution in [0.2, 0.25) is 0 Å². The van der Waals surface area contributed by atoms with Crippen molar-refractivity contribution in [2.24, 2.45) is 34.0 Å². The summed E-state index contributed by atoms with van der Waals surface area (Å²) >= 11 is 0. The summed E-state index contributed by atoms with van der Waals surface area (Å²) in [4.78, 5) is 25.5. The topological polar surface area (TPSA) is 71.1 Å². The highest BCUT2D eigenvalue weighted by Gasteiger charge is 2.82. The van der Waals surface area contributed by atoms with E-state index in [-0.39, 0.29) is 59.0 Å². The molecule has 0 N–H and O–H groups in total. The number of hydrogen-bond donors (Lipinski definition) is 0. The third-order valence-electron chi connectivity index (χ3n) is 9.00. The van der Waals surface area contributed by atoms with Gasteiger partial charge >= 0.3 is 11.9 Å². The van der Waals surface area contributed by atoms with Gasteiger partial charge in [-0.1, -0.05) is 20.4 Å². The minimum Gasteiger partial charge on any atom is -0.461 e. The molecular formula is C22H28O6. The Kier molecular flexibility index (Phi) is 3.12. The van der Waals surface area contributed by atoms with Gasteiger partial charge in [0.15, 0.2) is 6.29 Å². The van der Waals surface area contributed by atoms with E-state index >= 15 is 0 Å². The Morgan fingerprint density at radius 1 is 1.29 bits per heavy atom. The predicted molar refractivity (Wildman–Crippen MR) is 96.8 cm³/mol. The molecule has 3 saturated carbocycles. The van der Waals surface area contributed by atoms with Crippen LogP contribution in [0.1, 0.15) is 46.5 Å². The molecule has 6 rings (SSSR count). The Labute approximate surface area is 164 Å². The van der Waals surface area contributed by atoms with Crippen LogP contribution in [0.5, 0.6) is 0 Å². The summed E-state index contributed by atoms with van der Waals surface area (Å²) in [6.07, 6.45) is 2.19. The molecule has 0 radical (unpaired) electrons. The smallest absolute Gasteiger partial charge is 0.316 e. The zero-order chi connectivity index (χ0) is 19.6. The molecule has 152 valence electrons. The molecule has 3 aliphatic heterocycles. The van der Waals surface area contributed by atoms with Crippen molar-refractivity contribution in [2.45, 2.75) is 71.1 Å². The molecule has 3 saturated heterocycles. The zero-order valence-corrected chi connectivity index (χ0v) is 16.7. The van der Waals surface area contributed by atoms with Gasteiger partial charge in [-0.2, -0.15) is 0 Å².